The predicted molar refractivity (Wildman–Crippen MR) is 90.1 cm³/mol. The number of carbonyl (C=O) groups is 1. The maximum Gasteiger partial charge on any atom is 4.00 e. The first kappa shape index (κ1) is 31.3. The molecule has 0 heterocycles. The molecule has 0 aromatic carbocycles. The number of hydrogen-bond acceptors (Lipinski definition) is 1. The Morgan fingerprint density at radius 3 is 1.65 bits per heavy atom. The van der Waals surface area contributed by atoms with Crippen LogP contribution in [0.1, 0.15) is 53.4 Å². The number of hydrogen-bond donors (Lipinski definition) is 0. The second kappa shape index (κ2) is 17.3. The summed E-state index contributed by atoms with van der Waals surface area (Å²) in [6, 6.07) is 0. The minimum atomic E-state index is -0.359. The van der Waals surface area contributed by atoms with E-state index in [-0.39, 0.29) is 58.4 Å². The zero-order valence-electron chi connectivity index (χ0n) is 15.2. The summed E-state index contributed by atoms with van der Waals surface area (Å²) in [5, 5.41) is 0. The van der Waals surface area contributed by atoms with Gasteiger partial charge < -0.3 is 35.3 Å². The standard InChI is InChI=1S/C9H13.C6H11NO.C2H7Si.2ClH.Ti/c1-6-5-7(2)9(4)8(6)3;7-6(8)5-3-1-2-4-5;1-3-2;;;/h6H,1-4H3;5H,1-4H2,(H2,7,8);3H,1-2H3;2*1H;/q-1;;;;;+4/p-3. The fourth-order valence-electron chi connectivity index (χ4n) is 2.35. The number of rotatable bonds is 1. The third-order valence-corrected chi connectivity index (χ3v) is 3.96. The Balaban J connectivity index is -0.000000121. The Hall–Kier alpha value is 0.461. The Bertz CT molecular complexity index is 381. The molecule has 1 fully saturated rings. The molecule has 0 spiro atoms. The van der Waals surface area contributed by atoms with Crippen LogP contribution in [-0.4, -0.2) is 15.4 Å². The van der Waals surface area contributed by atoms with E-state index in [1.165, 1.54) is 16.7 Å². The van der Waals surface area contributed by atoms with Gasteiger partial charge in [-0.05, 0) is 12.8 Å². The summed E-state index contributed by atoms with van der Waals surface area (Å²) in [6.07, 6.45) is 7.58. The van der Waals surface area contributed by atoms with Crippen LogP contribution in [0.4, 0.5) is 0 Å². The molecule has 2 rings (SSSR count). The van der Waals surface area contributed by atoms with Crippen LogP contribution in [0.2, 0.25) is 13.1 Å². The van der Waals surface area contributed by atoms with Gasteiger partial charge in [-0.1, -0.05) is 52.6 Å². The minimum Gasteiger partial charge on any atom is -1.00 e. The SMILES string of the molecule is CC1=[C-]C(C)C(C)=C1C.C[SiH]C.[Cl-].[Cl-].[NH-]C(=O)C1CCCC1.[Ti+4]. The fourth-order valence-corrected chi connectivity index (χ4v) is 2.35. The minimum absolute atomic E-state index is 0. The van der Waals surface area contributed by atoms with Crippen molar-refractivity contribution in [2.45, 2.75) is 66.5 Å². The summed E-state index contributed by atoms with van der Waals surface area (Å²) in [5.41, 5.74) is 11.0. The predicted octanol–water partition coefficient (Wildman–Crippen LogP) is -0.998. The van der Waals surface area contributed by atoms with Gasteiger partial charge in [0.25, 0.3) is 0 Å². The van der Waals surface area contributed by atoms with E-state index in [1.54, 1.807) is 0 Å². The number of halogens is 2. The number of amides is 1. The van der Waals surface area contributed by atoms with Crippen LogP contribution in [0.25, 0.3) is 5.73 Å². The van der Waals surface area contributed by atoms with Crippen LogP contribution in [0.5, 0.6) is 0 Å². The molecule has 2 nitrogen and oxygen atoms in total. The van der Waals surface area contributed by atoms with Crippen LogP contribution in [0.15, 0.2) is 16.7 Å². The molecule has 1 unspecified atom stereocenters. The van der Waals surface area contributed by atoms with Gasteiger partial charge in [0.2, 0.25) is 0 Å². The number of carbonyl (C=O) groups excluding carboxylic acids is 1. The molecule has 23 heavy (non-hydrogen) atoms. The number of nitrogens with one attached hydrogen (secondary N) is 1. The van der Waals surface area contributed by atoms with Crippen molar-refractivity contribution in [3.63, 3.8) is 0 Å². The summed E-state index contributed by atoms with van der Waals surface area (Å²) >= 11 is 0. The molecule has 0 aliphatic heterocycles. The third kappa shape index (κ3) is 12.5. The van der Waals surface area contributed by atoms with Gasteiger partial charge in [-0.25, -0.2) is 5.57 Å². The van der Waals surface area contributed by atoms with Crippen molar-refractivity contribution in [2.75, 3.05) is 0 Å². The summed E-state index contributed by atoms with van der Waals surface area (Å²) in [7, 11) is 0.750. The molecule has 0 bridgehead atoms. The van der Waals surface area contributed by atoms with Gasteiger partial charge in [0.05, 0.1) is 5.91 Å². The van der Waals surface area contributed by atoms with Gasteiger partial charge in [0, 0.05) is 15.4 Å². The molecular weight excluding hydrogens is 381 g/mol. The van der Waals surface area contributed by atoms with Gasteiger partial charge in [-0.15, -0.1) is 6.92 Å². The molecule has 1 atom stereocenters. The molecule has 131 valence electrons. The van der Waals surface area contributed by atoms with Gasteiger partial charge in [0.15, 0.2) is 0 Å². The van der Waals surface area contributed by atoms with Crippen LogP contribution < -0.4 is 24.8 Å². The average molecular weight is 411 g/mol. The van der Waals surface area contributed by atoms with E-state index in [9.17, 15) is 4.79 Å². The zero-order valence-corrected chi connectivity index (χ0v) is 19.5. The molecular formula is C17H30Cl2NOSiTi. The van der Waals surface area contributed by atoms with Crippen molar-refractivity contribution < 1.29 is 51.3 Å². The average Bonchev–Trinajstić information content (AvgIpc) is 2.98. The fraction of sp³-hybridized carbons (Fsp3) is 0.706. The Labute approximate surface area is 173 Å². The van der Waals surface area contributed by atoms with Crippen molar-refractivity contribution in [1.29, 1.82) is 0 Å². The van der Waals surface area contributed by atoms with Crippen LogP contribution in [-0.2, 0) is 26.5 Å². The Morgan fingerprint density at radius 1 is 1.13 bits per heavy atom. The third-order valence-electron chi connectivity index (χ3n) is 3.96. The summed E-state index contributed by atoms with van der Waals surface area (Å²) in [5.74, 6) is 0.294. The van der Waals surface area contributed by atoms with Crippen LogP contribution >= 0.6 is 0 Å². The molecule has 6 heteroatoms. The maximum absolute atomic E-state index is 10.3. The topological polar surface area (TPSA) is 40.9 Å². The maximum atomic E-state index is 10.3. The van der Waals surface area contributed by atoms with Crippen molar-refractivity contribution in [3.05, 3.63) is 28.5 Å². The normalized spacial score (nSPS) is 18.9. The van der Waals surface area contributed by atoms with E-state index in [2.05, 4.69) is 46.9 Å². The summed E-state index contributed by atoms with van der Waals surface area (Å²) in [6.45, 7) is 13.1. The first-order valence-corrected chi connectivity index (χ1v) is 9.93. The van der Waals surface area contributed by atoms with E-state index in [4.69, 9.17) is 5.73 Å². The van der Waals surface area contributed by atoms with E-state index < -0.39 is 0 Å². The second-order valence-electron chi connectivity index (χ2n) is 5.72. The van der Waals surface area contributed by atoms with E-state index in [1.807, 2.05) is 0 Å². The van der Waals surface area contributed by atoms with Crippen molar-refractivity contribution in [3.8, 4) is 0 Å². The van der Waals surface area contributed by atoms with Crippen molar-refractivity contribution in [1.82, 2.24) is 0 Å². The molecule has 0 aromatic heterocycles. The molecule has 1 saturated carbocycles. The van der Waals surface area contributed by atoms with Crippen LogP contribution in [0, 0.1) is 17.9 Å². The monoisotopic (exact) mass is 410 g/mol. The molecule has 1 amide bonds. The molecule has 0 aromatic rings. The quantitative estimate of drug-likeness (QED) is 0.403. The van der Waals surface area contributed by atoms with Gasteiger partial charge in [-0.3, -0.25) is 6.08 Å². The number of allylic oxidation sites excluding steroid dienone is 4. The molecule has 2 aliphatic carbocycles. The Morgan fingerprint density at radius 2 is 1.52 bits per heavy atom. The Kier molecular flexibility index (Phi) is 23.5. The van der Waals surface area contributed by atoms with E-state index >= 15 is 0 Å². The second-order valence-corrected chi connectivity index (χ2v) is 6.88. The molecule has 1 radical (unpaired) electrons. The van der Waals surface area contributed by atoms with E-state index in [0.717, 1.165) is 35.2 Å². The molecule has 1 N–H and O–H groups in total. The van der Waals surface area contributed by atoms with Gasteiger partial charge in [0.1, 0.15) is 0 Å². The van der Waals surface area contributed by atoms with E-state index in [0.29, 0.717) is 5.92 Å². The van der Waals surface area contributed by atoms with Crippen molar-refractivity contribution in [2.24, 2.45) is 11.8 Å². The smallest absolute Gasteiger partial charge is 1.00 e. The van der Waals surface area contributed by atoms with Gasteiger partial charge in [-0.2, -0.15) is 11.1 Å². The van der Waals surface area contributed by atoms with Crippen LogP contribution in [0.3, 0.4) is 0 Å². The first-order valence-electron chi connectivity index (χ1n) is 7.62. The summed E-state index contributed by atoms with van der Waals surface area (Å²) in [4.78, 5) is 10.3. The zero-order chi connectivity index (χ0) is 15.7. The van der Waals surface area contributed by atoms with Crippen molar-refractivity contribution >= 4 is 15.4 Å². The van der Waals surface area contributed by atoms with Gasteiger partial charge >= 0.3 is 21.7 Å². The largest absolute Gasteiger partial charge is 4.00 e. The molecule has 0 saturated heterocycles. The first-order chi connectivity index (χ1) is 9.34. The summed E-state index contributed by atoms with van der Waals surface area (Å²) < 4.78 is 0. The molecule has 2 aliphatic rings.